The molecule has 19 heavy (non-hydrogen) atoms. The molecule has 0 N–H and O–H groups in total. The van der Waals surface area contributed by atoms with E-state index in [1.165, 1.54) is 37.7 Å². The van der Waals surface area contributed by atoms with Crippen molar-refractivity contribution in [3.05, 3.63) is 35.9 Å². The molecule has 0 amide bonds. The molecule has 0 heterocycles. The maximum Gasteiger partial charge on any atom is 0.264 e. The van der Waals surface area contributed by atoms with Crippen molar-refractivity contribution < 1.29 is 12.6 Å². The highest BCUT2D eigenvalue weighted by molar-refractivity contribution is 7.85. The summed E-state index contributed by atoms with van der Waals surface area (Å²) in [6.07, 6.45) is 7.25. The topological polar surface area (TPSA) is 43.4 Å². The van der Waals surface area contributed by atoms with Crippen molar-refractivity contribution in [3.63, 3.8) is 0 Å². The summed E-state index contributed by atoms with van der Waals surface area (Å²) in [5.74, 6) is 0.731. The summed E-state index contributed by atoms with van der Waals surface area (Å²) in [6.45, 7) is 0.271. The molecule has 106 valence electrons. The van der Waals surface area contributed by atoms with E-state index in [1.807, 2.05) is 18.2 Å². The molecule has 0 saturated heterocycles. The Morgan fingerprint density at radius 3 is 2.37 bits per heavy atom. The number of benzene rings is 1. The SMILES string of the molecule is CS(=O)(=O)OCC(c1ccccc1)C1CCCCC1. The third-order valence-electron chi connectivity index (χ3n) is 3.91. The molecule has 0 spiro atoms. The second kappa shape index (κ2) is 6.53. The predicted octanol–water partition coefficient (Wildman–Crippen LogP) is 3.33. The number of rotatable bonds is 5. The largest absolute Gasteiger partial charge is 0.270 e. The average Bonchev–Trinajstić information content (AvgIpc) is 2.40. The molecule has 1 aliphatic carbocycles. The van der Waals surface area contributed by atoms with Crippen molar-refractivity contribution in [3.8, 4) is 0 Å². The van der Waals surface area contributed by atoms with Gasteiger partial charge in [-0.2, -0.15) is 8.42 Å². The molecule has 2 rings (SSSR count). The zero-order valence-corrected chi connectivity index (χ0v) is 12.2. The fourth-order valence-electron chi connectivity index (χ4n) is 2.94. The first-order valence-electron chi connectivity index (χ1n) is 6.95. The van der Waals surface area contributed by atoms with Crippen LogP contribution in [0.2, 0.25) is 0 Å². The molecule has 3 nitrogen and oxygen atoms in total. The second-order valence-corrected chi connectivity index (χ2v) is 7.05. The third kappa shape index (κ3) is 4.62. The van der Waals surface area contributed by atoms with Crippen LogP contribution in [0.15, 0.2) is 30.3 Å². The molecule has 0 aromatic heterocycles. The molecule has 1 aromatic carbocycles. The lowest BCUT2D eigenvalue weighted by Gasteiger charge is -2.30. The lowest BCUT2D eigenvalue weighted by molar-refractivity contribution is 0.217. The maximum atomic E-state index is 11.2. The van der Waals surface area contributed by atoms with Crippen LogP contribution in [0.5, 0.6) is 0 Å². The molecule has 0 radical (unpaired) electrons. The predicted molar refractivity (Wildman–Crippen MR) is 76.6 cm³/mol. The molecule has 1 unspecified atom stereocenters. The van der Waals surface area contributed by atoms with Gasteiger partial charge in [-0.1, -0.05) is 49.6 Å². The summed E-state index contributed by atoms with van der Waals surface area (Å²) >= 11 is 0. The Kier molecular flexibility index (Phi) is 4.99. The van der Waals surface area contributed by atoms with E-state index in [4.69, 9.17) is 4.18 Å². The van der Waals surface area contributed by atoms with E-state index < -0.39 is 10.1 Å². The Bertz CT molecular complexity index is 475. The van der Waals surface area contributed by atoms with Crippen molar-refractivity contribution in [2.24, 2.45) is 5.92 Å². The van der Waals surface area contributed by atoms with Crippen LogP contribution in [0.3, 0.4) is 0 Å². The standard InChI is InChI=1S/C15H22O3S/c1-19(16,17)18-12-15(13-8-4-2-5-9-13)14-10-6-3-7-11-14/h2,4-5,8-9,14-15H,3,6-7,10-12H2,1H3. The minimum absolute atomic E-state index is 0.191. The Morgan fingerprint density at radius 1 is 1.16 bits per heavy atom. The molecule has 0 bridgehead atoms. The Labute approximate surface area is 116 Å². The molecular formula is C15H22O3S. The lowest BCUT2D eigenvalue weighted by atomic mass is 9.77. The summed E-state index contributed by atoms with van der Waals surface area (Å²) in [5.41, 5.74) is 1.19. The van der Waals surface area contributed by atoms with Crippen LogP contribution in [0.1, 0.15) is 43.6 Å². The average molecular weight is 282 g/mol. The monoisotopic (exact) mass is 282 g/mol. The molecule has 1 aliphatic rings. The number of hydrogen-bond acceptors (Lipinski definition) is 3. The molecule has 4 heteroatoms. The highest BCUT2D eigenvalue weighted by Crippen LogP contribution is 2.36. The second-order valence-electron chi connectivity index (χ2n) is 5.40. The van der Waals surface area contributed by atoms with E-state index >= 15 is 0 Å². The van der Waals surface area contributed by atoms with E-state index in [1.54, 1.807) is 0 Å². The van der Waals surface area contributed by atoms with E-state index in [9.17, 15) is 8.42 Å². The van der Waals surface area contributed by atoms with E-state index in [0.29, 0.717) is 5.92 Å². The van der Waals surface area contributed by atoms with Crippen LogP contribution < -0.4 is 0 Å². The van der Waals surface area contributed by atoms with Gasteiger partial charge < -0.3 is 0 Å². The summed E-state index contributed by atoms with van der Waals surface area (Å²) in [4.78, 5) is 0. The summed E-state index contributed by atoms with van der Waals surface area (Å²) < 4.78 is 27.5. The molecule has 1 saturated carbocycles. The van der Waals surface area contributed by atoms with Gasteiger partial charge in [-0.05, 0) is 24.3 Å². The molecule has 1 aromatic rings. The molecule has 1 fully saturated rings. The Balaban J connectivity index is 2.12. The van der Waals surface area contributed by atoms with Gasteiger partial charge in [0, 0.05) is 5.92 Å². The van der Waals surface area contributed by atoms with Gasteiger partial charge in [0.15, 0.2) is 0 Å². The van der Waals surface area contributed by atoms with Gasteiger partial charge in [0.25, 0.3) is 10.1 Å². The summed E-state index contributed by atoms with van der Waals surface area (Å²) in [7, 11) is -3.37. The van der Waals surface area contributed by atoms with Crippen LogP contribution >= 0.6 is 0 Å². The first-order chi connectivity index (χ1) is 9.06. The van der Waals surface area contributed by atoms with Crippen molar-refractivity contribution in [1.29, 1.82) is 0 Å². The zero-order chi connectivity index (χ0) is 13.7. The van der Waals surface area contributed by atoms with Gasteiger partial charge in [-0.15, -0.1) is 0 Å². The summed E-state index contributed by atoms with van der Waals surface area (Å²) in [6, 6.07) is 10.1. The van der Waals surface area contributed by atoms with Crippen molar-refractivity contribution in [2.45, 2.75) is 38.0 Å². The van der Waals surface area contributed by atoms with Crippen LogP contribution in [-0.4, -0.2) is 21.3 Å². The normalized spacial score (nSPS) is 19.2. The smallest absolute Gasteiger partial charge is 0.264 e. The first kappa shape index (κ1) is 14.5. The molecule has 1 atom stereocenters. The van der Waals surface area contributed by atoms with Gasteiger partial charge in [0.05, 0.1) is 12.9 Å². The van der Waals surface area contributed by atoms with Crippen LogP contribution in [0.4, 0.5) is 0 Å². The third-order valence-corrected chi connectivity index (χ3v) is 4.47. The van der Waals surface area contributed by atoms with Gasteiger partial charge >= 0.3 is 0 Å². The van der Waals surface area contributed by atoms with E-state index in [0.717, 1.165) is 6.26 Å². The van der Waals surface area contributed by atoms with Crippen molar-refractivity contribution >= 4 is 10.1 Å². The Morgan fingerprint density at radius 2 is 1.79 bits per heavy atom. The Hall–Kier alpha value is -0.870. The van der Waals surface area contributed by atoms with Gasteiger partial charge in [-0.3, -0.25) is 4.18 Å². The molecular weight excluding hydrogens is 260 g/mol. The number of hydrogen-bond donors (Lipinski definition) is 0. The van der Waals surface area contributed by atoms with Crippen molar-refractivity contribution in [1.82, 2.24) is 0 Å². The maximum absolute atomic E-state index is 11.2. The summed E-state index contributed by atoms with van der Waals surface area (Å²) in [5, 5.41) is 0. The first-order valence-corrected chi connectivity index (χ1v) is 8.77. The van der Waals surface area contributed by atoms with Crippen LogP contribution in [0, 0.1) is 5.92 Å². The van der Waals surface area contributed by atoms with Crippen LogP contribution in [-0.2, 0) is 14.3 Å². The van der Waals surface area contributed by atoms with Gasteiger partial charge in [0.1, 0.15) is 0 Å². The lowest BCUT2D eigenvalue weighted by Crippen LogP contribution is -2.22. The van der Waals surface area contributed by atoms with Crippen molar-refractivity contribution in [2.75, 3.05) is 12.9 Å². The van der Waals surface area contributed by atoms with E-state index in [-0.39, 0.29) is 12.5 Å². The minimum Gasteiger partial charge on any atom is -0.270 e. The van der Waals surface area contributed by atoms with Crippen LogP contribution in [0.25, 0.3) is 0 Å². The van der Waals surface area contributed by atoms with Gasteiger partial charge in [0.2, 0.25) is 0 Å². The quantitative estimate of drug-likeness (QED) is 0.778. The fourth-order valence-corrected chi connectivity index (χ4v) is 3.33. The minimum atomic E-state index is -3.37. The zero-order valence-electron chi connectivity index (χ0n) is 11.4. The van der Waals surface area contributed by atoms with Gasteiger partial charge in [-0.25, -0.2) is 0 Å². The highest BCUT2D eigenvalue weighted by Gasteiger charge is 2.26. The fraction of sp³-hybridized carbons (Fsp3) is 0.600. The van der Waals surface area contributed by atoms with E-state index in [2.05, 4.69) is 12.1 Å². The molecule has 0 aliphatic heterocycles. The highest BCUT2D eigenvalue weighted by atomic mass is 32.2.